The number of esters is 1. The zero-order valence-electron chi connectivity index (χ0n) is 17.1. The molecule has 3 rings (SSSR count). The number of H-pyrrole nitrogens is 1. The quantitative estimate of drug-likeness (QED) is 0.753. The summed E-state index contributed by atoms with van der Waals surface area (Å²) in [4.78, 5) is 44.1. The van der Waals surface area contributed by atoms with Gasteiger partial charge in [-0.05, 0) is 12.0 Å². The van der Waals surface area contributed by atoms with Crippen molar-refractivity contribution in [2.45, 2.75) is 26.3 Å². The number of urea groups is 1. The van der Waals surface area contributed by atoms with E-state index in [1.54, 1.807) is 16.0 Å². The Bertz CT molecular complexity index is 886. The number of hydrogen-bond donors (Lipinski definition) is 2. The highest BCUT2D eigenvalue weighted by molar-refractivity contribution is 6.06. The maximum Gasteiger partial charge on any atom is 0.328 e. The molecule has 29 heavy (non-hydrogen) atoms. The Hall–Kier alpha value is -3.03. The Labute approximate surface area is 170 Å². The fourth-order valence-electron chi connectivity index (χ4n) is 3.55. The van der Waals surface area contributed by atoms with Crippen LogP contribution in [0.25, 0.3) is 10.9 Å². The van der Waals surface area contributed by atoms with E-state index in [2.05, 4.69) is 10.3 Å². The number of piperazine rings is 1. The predicted octanol–water partition coefficient (Wildman–Crippen LogP) is 2.22. The van der Waals surface area contributed by atoms with Crippen molar-refractivity contribution >= 4 is 28.8 Å². The number of benzene rings is 1. The average Bonchev–Trinajstić information content (AvgIpc) is 3.20. The van der Waals surface area contributed by atoms with Gasteiger partial charge in [0, 0.05) is 43.3 Å². The number of hydrogen-bond acceptors (Lipinski definition) is 4. The number of carbonyl (C=O) groups excluding carboxylic acids is 3. The van der Waals surface area contributed by atoms with Gasteiger partial charge in [-0.25, -0.2) is 9.59 Å². The van der Waals surface area contributed by atoms with E-state index in [1.165, 1.54) is 7.11 Å². The van der Waals surface area contributed by atoms with Crippen molar-refractivity contribution in [3.63, 3.8) is 0 Å². The third-order valence-corrected chi connectivity index (χ3v) is 5.62. The summed E-state index contributed by atoms with van der Waals surface area (Å²) in [6.07, 6.45) is 2.48. The molecule has 156 valence electrons. The summed E-state index contributed by atoms with van der Waals surface area (Å²) < 4.78 is 4.82. The molecule has 0 radical (unpaired) electrons. The number of rotatable bonds is 5. The number of methoxy groups -OCH3 is 1. The SMILES string of the molecule is CCC(C)[C@H](NC(=O)N1CCN(C(=O)c2c[nH]c3ccccc23)CC1)C(=O)OC. The minimum Gasteiger partial charge on any atom is -0.467 e. The van der Waals surface area contributed by atoms with Gasteiger partial charge in [0.2, 0.25) is 0 Å². The van der Waals surface area contributed by atoms with E-state index in [9.17, 15) is 14.4 Å². The first kappa shape index (κ1) is 20.7. The third-order valence-electron chi connectivity index (χ3n) is 5.62. The highest BCUT2D eigenvalue weighted by Crippen LogP contribution is 2.20. The van der Waals surface area contributed by atoms with Crippen LogP contribution in [-0.2, 0) is 9.53 Å². The van der Waals surface area contributed by atoms with Crippen LogP contribution in [0.5, 0.6) is 0 Å². The summed E-state index contributed by atoms with van der Waals surface area (Å²) in [6.45, 7) is 5.57. The molecule has 0 saturated carbocycles. The molecule has 1 fully saturated rings. The van der Waals surface area contributed by atoms with Gasteiger partial charge in [0.1, 0.15) is 6.04 Å². The van der Waals surface area contributed by atoms with Gasteiger partial charge >= 0.3 is 12.0 Å². The molecule has 1 aromatic heterocycles. The molecule has 8 heteroatoms. The summed E-state index contributed by atoms with van der Waals surface area (Å²) >= 11 is 0. The van der Waals surface area contributed by atoms with Crippen LogP contribution >= 0.6 is 0 Å². The molecule has 8 nitrogen and oxygen atoms in total. The van der Waals surface area contributed by atoms with E-state index in [0.29, 0.717) is 31.7 Å². The molecule has 1 aliphatic rings. The van der Waals surface area contributed by atoms with Crippen molar-refractivity contribution in [1.82, 2.24) is 20.1 Å². The molecule has 1 aliphatic heterocycles. The summed E-state index contributed by atoms with van der Waals surface area (Å²) in [5.74, 6) is -0.522. The highest BCUT2D eigenvalue weighted by atomic mass is 16.5. The van der Waals surface area contributed by atoms with Crippen molar-refractivity contribution < 1.29 is 19.1 Å². The molecule has 2 aromatic rings. The summed E-state index contributed by atoms with van der Waals surface area (Å²) in [6, 6.07) is 6.70. The Balaban J connectivity index is 1.60. The van der Waals surface area contributed by atoms with E-state index >= 15 is 0 Å². The van der Waals surface area contributed by atoms with E-state index in [0.717, 1.165) is 17.3 Å². The largest absolute Gasteiger partial charge is 0.467 e. The van der Waals surface area contributed by atoms with Crippen LogP contribution in [0.15, 0.2) is 30.5 Å². The number of aromatic amines is 1. The number of para-hydroxylation sites is 1. The molecular formula is C21H28N4O4. The van der Waals surface area contributed by atoms with Gasteiger partial charge in [0.25, 0.3) is 5.91 Å². The third kappa shape index (κ3) is 4.36. The van der Waals surface area contributed by atoms with Gasteiger partial charge in [-0.15, -0.1) is 0 Å². The second-order valence-electron chi connectivity index (χ2n) is 7.36. The number of carbonyl (C=O) groups is 3. The molecule has 2 N–H and O–H groups in total. The molecular weight excluding hydrogens is 372 g/mol. The number of nitrogens with zero attached hydrogens (tertiary/aromatic N) is 2. The maximum atomic E-state index is 12.9. The maximum absolute atomic E-state index is 12.9. The Morgan fingerprint density at radius 1 is 1.14 bits per heavy atom. The van der Waals surface area contributed by atoms with E-state index in [-0.39, 0.29) is 17.9 Å². The van der Waals surface area contributed by atoms with Crippen LogP contribution in [0.4, 0.5) is 4.79 Å². The van der Waals surface area contributed by atoms with Crippen molar-refractivity contribution in [3.05, 3.63) is 36.0 Å². The van der Waals surface area contributed by atoms with E-state index in [1.807, 2.05) is 38.1 Å². The summed E-state index contributed by atoms with van der Waals surface area (Å²) in [5.41, 5.74) is 1.56. The minimum atomic E-state index is -0.677. The van der Waals surface area contributed by atoms with Crippen molar-refractivity contribution in [2.75, 3.05) is 33.3 Å². The molecule has 2 heterocycles. The minimum absolute atomic E-state index is 0.0314. The van der Waals surface area contributed by atoms with Crippen LogP contribution in [0.3, 0.4) is 0 Å². The second kappa shape index (κ2) is 8.98. The van der Waals surface area contributed by atoms with E-state index in [4.69, 9.17) is 4.74 Å². The van der Waals surface area contributed by atoms with E-state index < -0.39 is 12.0 Å². The molecule has 0 spiro atoms. The van der Waals surface area contributed by atoms with Gasteiger partial charge in [0.15, 0.2) is 0 Å². The smallest absolute Gasteiger partial charge is 0.328 e. The number of amides is 3. The summed E-state index contributed by atoms with van der Waals surface area (Å²) in [7, 11) is 1.32. The average molecular weight is 400 g/mol. The first-order chi connectivity index (χ1) is 14.0. The van der Waals surface area contributed by atoms with Crippen LogP contribution < -0.4 is 5.32 Å². The van der Waals surface area contributed by atoms with Gasteiger partial charge in [-0.2, -0.15) is 0 Å². The molecule has 0 aliphatic carbocycles. The lowest BCUT2D eigenvalue weighted by Crippen LogP contribution is -2.56. The van der Waals surface area contributed by atoms with Crippen molar-refractivity contribution in [3.8, 4) is 0 Å². The van der Waals surface area contributed by atoms with Crippen LogP contribution in [0.1, 0.15) is 30.6 Å². The molecule has 3 amide bonds. The molecule has 0 bridgehead atoms. The Morgan fingerprint density at radius 2 is 1.79 bits per heavy atom. The van der Waals surface area contributed by atoms with Crippen LogP contribution in [-0.4, -0.2) is 72.0 Å². The normalized spacial score (nSPS) is 16.4. The lowest BCUT2D eigenvalue weighted by Gasteiger charge is -2.35. The fraction of sp³-hybridized carbons (Fsp3) is 0.476. The zero-order valence-corrected chi connectivity index (χ0v) is 17.1. The standard InChI is InChI=1S/C21H28N4O4/c1-4-14(2)18(20(27)29-3)23-21(28)25-11-9-24(10-12-25)19(26)16-13-22-17-8-6-5-7-15(16)17/h5-8,13-14,18,22H,4,9-12H2,1-3H3,(H,23,28)/t14?,18-/m0/s1. The lowest BCUT2D eigenvalue weighted by atomic mass is 9.99. The van der Waals surface area contributed by atoms with Gasteiger partial charge in [-0.3, -0.25) is 4.79 Å². The number of nitrogens with one attached hydrogen (secondary N) is 2. The first-order valence-electron chi connectivity index (χ1n) is 9.94. The topological polar surface area (TPSA) is 94.7 Å². The fourth-order valence-corrected chi connectivity index (χ4v) is 3.55. The molecule has 1 saturated heterocycles. The number of ether oxygens (including phenoxy) is 1. The lowest BCUT2D eigenvalue weighted by molar-refractivity contribution is -0.144. The zero-order chi connectivity index (χ0) is 21.0. The molecule has 1 unspecified atom stereocenters. The molecule has 2 atom stereocenters. The number of fused-ring (bicyclic) bond motifs is 1. The Morgan fingerprint density at radius 3 is 2.45 bits per heavy atom. The van der Waals surface area contributed by atoms with Crippen molar-refractivity contribution in [1.29, 1.82) is 0 Å². The predicted molar refractivity (Wildman–Crippen MR) is 110 cm³/mol. The van der Waals surface area contributed by atoms with Gasteiger partial charge in [-0.1, -0.05) is 38.5 Å². The second-order valence-corrected chi connectivity index (χ2v) is 7.36. The van der Waals surface area contributed by atoms with Gasteiger partial charge < -0.3 is 24.8 Å². The van der Waals surface area contributed by atoms with Gasteiger partial charge in [0.05, 0.1) is 12.7 Å². The number of aromatic nitrogens is 1. The summed E-state index contributed by atoms with van der Waals surface area (Å²) in [5, 5.41) is 3.68. The molecule has 1 aromatic carbocycles. The monoisotopic (exact) mass is 400 g/mol. The van der Waals surface area contributed by atoms with Crippen LogP contribution in [0, 0.1) is 5.92 Å². The Kier molecular flexibility index (Phi) is 6.41. The van der Waals surface area contributed by atoms with Crippen molar-refractivity contribution in [2.24, 2.45) is 5.92 Å². The van der Waals surface area contributed by atoms with Crippen LogP contribution in [0.2, 0.25) is 0 Å². The highest BCUT2D eigenvalue weighted by Gasteiger charge is 2.31. The first-order valence-corrected chi connectivity index (χ1v) is 9.94.